The van der Waals surface area contributed by atoms with E-state index < -0.39 is 29.8 Å². The molecule has 0 spiro atoms. The van der Waals surface area contributed by atoms with Gasteiger partial charge in [-0.15, -0.1) is 0 Å². The molecule has 3 aromatic carbocycles. The molecule has 3 N–H and O–H groups in total. The number of rotatable bonds is 8. The zero-order chi connectivity index (χ0) is 30.0. The first-order valence-corrected chi connectivity index (χ1v) is 13.5. The van der Waals surface area contributed by atoms with Gasteiger partial charge in [0.25, 0.3) is 5.91 Å². The molecule has 1 saturated carbocycles. The second kappa shape index (κ2) is 12.1. The number of hydrogen-bond donors (Lipinski definition) is 3. The Morgan fingerprint density at radius 1 is 0.929 bits per heavy atom. The van der Waals surface area contributed by atoms with Crippen LogP contribution in [0.15, 0.2) is 69.9 Å². The Morgan fingerprint density at radius 2 is 1.71 bits per heavy atom. The van der Waals surface area contributed by atoms with Crippen molar-refractivity contribution >= 4 is 22.6 Å². The molecule has 5 rings (SSSR count). The number of amides is 1. The van der Waals surface area contributed by atoms with E-state index in [1.807, 2.05) is 31.2 Å². The van der Waals surface area contributed by atoms with Gasteiger partial charge in [-0.05, 0) is 72.9 Å². The maximum Gasteiger partial charge on any atom is 0.360 e. The molecule has 1 aromatic heterocycles. The molecule has 2 unspecified atom stereocenters. The number of fused-ring (bicyclic) bond motifs is 1. The summed E-state index contributed by atoms with van der Waals surface area (Å²) in [5.41, 5.74) is 1.06. The van der Waals surface area contributed by atoms with E-state index in [0.29, 0.717) is 40.9 Å². The van der Waals surface area contributed by atoms with Crippen LogP contribution in [0.2, 0.25) is 0 Å². The summed E-state index contributed by atoms with van der Waals surface area (Å²) in [5, 5.41) is 23.7. The third-order valence-electron chi connectivity index (χ3n) is 7.45. The minimum atomic E-state index is -1.06. The lowest BCUT2D eigenvalue weighted by molar-refractivity contribution is -0.0882. The summed E-state index contributed by atoms with van der Waals surface area (Å²) in [6.07, 6.45) is -1.59. The molecule has 0 aliphatic heterocycles. The van der Waals surface area contributed by atoms with Crippen LogP contribution in [-0.2, 0) is 0 Å². The minimum Gasteiger partial charge on any atom is -0.497 e. The summed E-state index contributed by atoms with van der Waals surface area (Å²) < 4.78 is 28.0. The van der Waals surface area contributed by atoms with Crippen LogP contribution >= 0.6 is 0 Å². The molecule has 42 heavy (non-hydrogen) atoms. The zero-order valence-corrected chi connectivity index (χ0v) is 23.7. The van der Waals surface area contributed by atoms with Crippen LogP contribution in [0.3, 0.4) is 0 Å². The predicted octanol–water partition coefficient (Wildman–Crippen LogP) is 4.64. The van der Waals surface area contributed by atoms with Crippen LogP contribution in [0.1, 0.15) is 30.1 Å². The van der Waals surface area contributed by atoms with Crippen LogP contribution < -0.4 is 29.9 Å². The average Bonchev–Trinajstić information content (AvgIpc) is 2.99. The highest BCUT2D eigenvalue weighted by Crippen LogP contribution is 2.39. The molecule has 220 valence electrons. The number of anilines is 1. The van der Waals surface area contributed by atoms with E-state index in [9.17, 15) is 19.8 Å². The van der Waals surface area contributed by atoms with Crippen molar-refractivity contribution in [3.05, 3.63) is 76.6 Å². The summed E-state index contributed by atoms with van der Waals surface area (Å²) >= 11 is 0. The molecule has 1 heterocycles. The first kappa shape index (κ1) is 29.0. The van der Waals surface area contributed by atoms with E-state index in [4.69, 9.17) is 23.4 Å². The number of benzene rings is 3. The van der Waals surface area contributed by atoms with Crippen molar-refractivity contribution in [1.82, 2.24) is 0 Å². The van der Waals surface area contributed by atoms with E-state index in [1.54, 1.807) is 44.6 Å². The van der Waals surface area contributed by atoms with E-state index in [-0.39, 0.29) is 28.7 Å². The fourth-order valence-corrected chi connectivity index (χ4v) is 5.29. The highest BCUT2D eigenvalue weighted by Gasteiger charge is 2.36. The predicted molar refractivity (Wildman–Crippen MR) is 157 cm³/mol. The fraction of sp³-hybridized carbons (Fsp3) is 0.312. The minimum absolute atomic E-state index is 0.0541. The van der Waals surface area contributed by atoms with Crippen molar-refractivity contribution in [2.45, 2.75) is 38.1 Å². The van der Waals surface area contributed by atoms with Gasteiger partial charge >= 0.3 is 5.63 Å². The van der Waals surface area contributed by atoms with Gasteiger partial charge in [-0.2, -0.15) is 0 Å². The molecule has 0 radical (unpaired) electrons. The van der Waals surface area contributed by atoms with Gasteiger partial charge in [0.15, 0.2) is 11.3 Å². The van der Waals surface area contributed by atoms with Gasteiger partial charge in [0.1, 0.15) is 29.4 Å². The van der Waals surface area contributed by atoms with Crippen molar-refractivity contribution < 1.29 is 38.4 Å². The van der Waals surface area contributed by atoms with Crippen molar-refractivity contribution in [3.8, 4) is 34.1 Å². The highest BCUT2D eigenvalue weighted by atomic mass is 16.5. The molecule has 10 nitrogen and oxygen atoms in total. The molecule has 1 fully saturated rings. The van der Waals surface area contributed by atoms with Gasteiger partial charge < -0.3 is 38.9 Å². The summed E-state index contributed by atoms with van der Waals surface area (Å²) in [6.45, 7) is 1.98. The van der Waals surface area contributed by atoms with Crippen molar-refractivity contribution in [2.24, 2.45) is 5.92 Å². The number of nitrogens with one attached hydrogen (secondary N) is 1. The summed E-state index contributed by atoms with van der Waals surface area (Å²) in [5.74, 6) is 1.30. The molecule has 4 atom stereocenters. The maximum absolute atomic E-state index is 13.2. The molecular weight excluding hydrogens is 542 g/mol. The fourth-order valence-electron chi connectivity index (χ4n) is 5.29. The summed E-state index contributed by atoms with van der Waals surface area (Å²) in [4.78, 5) is 26.2. The standard InChI is InChI=1S/C32H33NO9/c1-17-12-24(34)28(35)27(13-17)41-26-11-8-19-16-23(32(37)42-29(19)30(26)40-4)33-31(36)20-9-10-25(39-3)22(15-20)18-6-5-7-21(14-18)38-2/h5-11,14-17,24,27-28,34-35H,12-13H2,1-4H3,(H,33,36)/t17?,24-,27?,28-/m1/s1. The topological polar surface area (TPSA) is 137 Å². The van der Waals surface area contributed by atoms with Gasteiger partial charge in [0.05, 0.1) is 27.4 Å². The van der Waals surface area contributed by atoms with Crippen molar-refractivity contribution in [2.75, 3.05) is 26.6 Å². The van der Waals surface area contributed by atoms with Crippen LogP contribution in [0, 0.1) is 5.92 Å². The zero-order valence-electron chi connectivity index (χ0n) is 23.7. The van der Waals surface area contributed by atoms with E-state index in [2.05, 4.69) is 5.32 Å². The smallest absolute Gasteiger partial charge is 0.360 e. The Morgan fingerprint density at radius 3 is 2.45 bits per heavy atom. The van der Waals surface area contributed by atoms with Crippen molar-refractivity contribution in [1.29, 1.82) is 0 Å². The average molecular weight is 576 g/mol. The maximum atomic E-state index is 13.2. The van der Waals surface area contributed by atoms with Gasteiger partial charge in [-0.1, -0.05) is 19.1 Å². The molecule has 4 aromatic rings. The van der Waals surface area contributed by atoms with E-state index in [0.717, 1.165) is 5.56 Å². The summed E-state index contributed by atoms with van der Waals surface area (Å²) in [6, 6.07) is 17.1. The van der Waals surface area contributed by atoms with Gasteiger partial charge in [0, 0.05) is 16.5 Å². The lowest BCUT2D eigenvalue weighted by Gasteiger charge is -2.35. The number of aliphatic hydroxyl groups excluding tert-OH is 2. The molecule has 1 aliphatic carbocycles. The quantitative estimate of drug-likeness (QED) is 0.257. The lowest BCUT2D eigenvalue weighted by Crippen LogP contribution is -2.46. The molecule has 0 bridgehead atoms. The van der Waals surface area contributed by atoms with Crippen molar-refractivity contribution in [3.63, 3.8) is 0 Å². The Bertz CT molecular complexity index is 1660. The second-order valence-electron chi connectivity index (χ2n) is 10.4. The number of carbonyl (C=O) groups excluding carboxylic acids is 1. The van der Waals surface area contributed by atoms with Crippen LogP contribution in [-0.4, -0.2) is 55.8 Å². The Labute approximate surface area is 242 Å². The number of aliphatic hydroxyl groups is 2. The molecule has 1 aliphatic rings. The van der Waals surface area contributed by atoms with E-state index in [1.165, 1.54) is 13.2 Å². The number of methoxy groups -OCH3 is 3. The number of hydrogen-bond acceptors (Lipinski definition) is 9. The van der Waals surface area contributed by atoms with Gasteiger partial charge in [-0.3, -0.25) is 4.79 Å². The second-order valence-corrected chi connectivity index (χ2v) is 10.4. The Balaban J connectivity index is 1.43. The number of ether oxygens (including phenoxy) is 4. The van der Waals surface area contributed by atoms with Gasteiger partial charge in [-0.25, -0.2) is 4.79 Å². The Kier molecular flexibility index (Phi) is 8.37. The van der Waals surface area contributed by atoms with Gasteiger partial charge in [0.2, 0.25) is 5.75 Å². The van der Waals surface area contributed by atoms with E-state index >= 15 is 0 Å². The first-order chi connectivity index (χ1) is 20.2. The lowest BCUT2D eigenvalue weighted by atomic mass is 9.84. The largest absolute Gasteiger partial charge is 0.497 e. The first-order valence-electron chi connectivity index (χ1n) is 13.5. The van der Waals surface area contributed by atoms with Crippen LogP contribution in [0.4, 0.5) is 5.69 Å². The summed E-state index contributed by atoms with van der Waals surface area (Å²) in [7, 11) is 4.53. The molecular formula is C32H33NO9. The SMILES string of the molecule is COc1cccc(-c2cc(C(=O)Nc3cc4ccc(OC5CC(C)C[C@@H](O)[C@H]5O)c(OC)c4oc3=O)ccc2OC)c1. The van der Waals surface area contributed by atoms with Crippen LogP contribution in [0.25, 0.3) is 22.1 Å². The monoisotopic (exact) mass is 575 g/mol. The third kappa shape index (κ3) is 5.77. The normalized spacial score (nSPS) is 20.1. The molecule has 0 saturated heterocycles. The molecule has 1 amide bonds. The number of carbonyl (C=O) groups is 1. The highest BCUT2D eigenvalue weighted by molar-refractivity contribution is 6.06. The molecule has 10 heteroatoms. The Hall–Kier alpha value is -4.54. The third-order valence-corrected chi connectivity index (χ3v) is 7.45. The van der Waals surface area contributed by atoms with Crippen LogP contribution in [0.5, 0.6) is 23.0 Å².